The van der Waals surface area contributed by atoms with Gasteiger partial charge in [-0.1, -0.05) is 19.1 Å². The van der Waals surface area contributed by atoms with Crippen molar-refractivity contribution in [2.24, 2.45) is 0 Å². The highest BCUT2D eigenvalue weighted by Crippen LogP contribution is 2.26. The summed E-state index contributed by atoms with van der Waals surface area (Å²) in [5.41, 5.74) is -0.142. The number of aldehydes is 1. The van der Waals surface area contributed by atoms with Crippen molar-refractivity contribution in [1.82, 2.24) is 0 Å². The quantitative estimate of drug-likeness (QED) is 0.541. The minimum absolute atomic E-state index is 0.142. The average Bonchev–Trinajstić information content (AvgIpc) is 2.63. The van der Waals surface area contributed by atoms with Crippen LogP contribution in [-0.4, -0.2) is 6.29 Å². The largest absolute Gasteiger partial charge is 0.457 e. The second-order valence-corrected chi connectivity index (χ2v) is 3.85. The highest BCUT2D eigenvalue weighted by atomic mass is 16.3. The van der Waals surface area contributed by atoms with Crippen LogP contribution in [0.15, 0.2) is 28.7 Å². The van der Waals surface area contributed by atoms with E-state index in [1.165, 1.54) is 0 Å². The van der Waals surface area contributed by atoms with E-state index in [9.17, 15) is 4.79 Å². The van der Waals surface area contributed by atoms with Gasteiger partial charge in [-0.2, -0.15) is 0 Å². The molecular weight excluding hydrogens is 176 g/mol. The Morgan fingerprint density at radius 2 is 2.14 bits per heavy atom. The molecule has 76 valence electrons. The van der Waals surface area contributed by atoms with Gasteiger partial charge in [0.25, 0.3) is 0 Å². The fourth-order valence-corrected chi connectivity index (χ4v) is 1.26. The number of rotatable bonds is 4. The van der Waals surface area contributed by atoms with Crippen molar-refractivity contribution < 1.29 is 9.21 Å². The van der Waals surface area contributed by atoms with Crippen molar-refractivity contribution in [3.05, 3.63) is 35.8 Å². The molecule has 0 spiro atoms. The van der Waals surface area contributed by atoms with Crippen LogP contribution in [0.25, 0.3) is 0 Å². The lowest BCUT2D eigenvalue weighted by Crippen LogP contribution is -2.11. The molecule has 0 unspecified atom stereocenters. The van der Waals surface area contributed by atoms with E-state index in [4.69, 9.17) is 4.42 Å². The molecule has 2 nitrogen and oxygen atoms in total. The Bertz CT molecular complexity index is 332. The molecule has 0 atom stereocenters. The molecule has 0 N–H and O–H groups in total. The first-order valence-corrected chi connectivity index (χ1v) is 4.83. The Kier molecular flexibility index (Phi) is 3.28. The summed E-state index contributed by atoms with van der Waals surface area (Å²) in [6.45, 7) is 6.21. The molecule has 0 fully saturated rings. The zero-order chi connectivity index (χ0) is 10.6. The molecule has 1 rings (SSSR count). The van der Waals surface area contributed by atoms with E-state index in [1.807, 2.05) is 6.07 Å². The van der Waals surface area contributed by atoms with Crippen LogP contribution >= 0.6 is 0 Å². The van der Waals surface area contributed by atoms with Gasteiger partial charge in [-0.15, -0.1) is 0 Å². The van der Waals surface area contributed by atoms with Crippen LogP contribution in [0, 0.1) is 0 Å². The number of hydrogen-bond acceptors (Lipinski definition) is 2. The molecule has 0 aliphatic rings. The first kappa shape index (κ1) is 10.8. The van der Waals surface area contributed by atoms with Crippen molar-refractivity contribution in [1.29, 1.82) is 0 Å². The van der Waals surface area contributed by atoms with Crippen molar-refractivity contribution in [3.8, 4) is 0 Å². The fraction of sp³-hybridized carbons (Fsp3) is 0.417. The predicted octanol–water partition coefficient (Wildman–Crippen LogP) is 3.34. The number of furan rings is 1. The molecule has 1 aromatic rings. The van der Waals surface area contributed by atoms with Gasteiger partial charge in [0.05, 0.1) is 0 Å². The second kappa shape index (κ2) is 4.27. The van der Waals surface area contributed by atoms with Gasteiger partial charge in [0, 0.05) is 5.41 Å². The Labute approximate surface area is 84.6 Å². The standard InChI is InChI=1S/C12H16O2/c1-4-5-8-12(2,3)11-7-6-10(9-13)14-11/h5-9H,4H2,1-3H3/b8-5-. The zero-order valence-corrected chi connectivity index (χ0v) is 8.91. The van der Waals surface area contributed by atoms with Crippen molar-refractivity contribution in [2.45, 2.75) is 32.6 Å². The maximum absolute atomic E-state index is 10.4. The SMILES string of the molecule is CC/C=C\C(C)(C)c1ccc(C=O)o1. The van der Waals surface area contributed by atoms with Gasteiger partial charge in [-0.05, 0) is 32.4 Å². The third kappa shape index (κ3) is 2.34. The van der Waals surface area contributed by atoms with E-state index < -0.39 is 0 Å². The second-order valence-electron chi connectivity index (χ2n) is 3.85. The maximum atomic E-state index is 10.4. The van der Waals surface area contributed by atoms with Crippen LogP contribution in [0.5, 0.6) is 0 Å². The molecule has 0 saturated heterocycles. The first-order chi connectivity index (χ1) is 6.60. The zero-order valence-electron chi connectivity index (χ0n) is 8.91. The molecule has 1 aromatic heterocycles. The molecule has 0 aromatic carbocycles. The Hall–Kier alpha value is -1.31. The minimum Gasteiger partial charge on any atom is -0.457 e. The molecule has 0 radical (unpaired) electrons. The van der Waals surface area contributed by atoms with Crippen molar-refractivity contribution >= 4 is 6.29 Å². The van der Waals surface area contributed by atoms with Crippen LogP contribution < -0.4 is 0 Å². The van der Waals surface area contributed by atoms with Gasteiger partial charge >= 0.3 is 0 Å². The highest BCUT2D eigenvalue weighted by molar-refractivity contribution is 5.70. The molecule has 0 bridgehead atoms. The van der Waals surface area contributed by atoms with Crippen LogP contribution in [0.2, 0.25) is 0 Å². The van der Waals surface area contributed by atoms with E-state index in [1.54, 1.807) is 6.07 Å². The van der Waals surface area contributed by atoms with Gasteiger partial charge in [0.1, 0.15) is 5.76 Å². The normalized spacial score (nSPS) is 12.2. The van der Waals surface area contributed by atoms with Crippen LogP contribution in [0.1, 0.15) is 43.5 Å². The summed E-state index contributed by atoms with van der Waals surface area (Å²) in [4.78, 5) is 10.4. The van der Waals surface area contributed by atoms with Crippen molar-refractivity contribution in [2.75, 3.05) is 0 Å². The third-order valence-electron chi connectivity index (χ3n) is 2.15. The first-order valence-electron chi connectivity index (χ1n) is 4.83. The summed E-state index contributed by atoms with van der Waals surface area (Å²) in [6, 6.07) is 3.55. The Balaban J connectivity index is 2.91. The lowest BCUT2D eigenvalue weighted by atomic mass is 9.90. The van der Waals surface area contributed by atoms with Crippen LogP contribution in [0.4, 0.5) is 0 Å². The molecule has 0 aliphatic heterocycles. The molecule has 14 heavy (non-hydrogen) atoms. The van der Waals surface area contributed by atoms with Gasteiger partial charge in [-0.3, -0.25) is 4.79 Å². The highest BCUT2D eigenvalue weighted by Gasteiger charge is 2.20. The van der Waals surface area contributed by atoms with Gasteiger partial charge in [-0.25, -0.2) is 0 Å². The number of carbonyl (C=O) groups is 1. The summed E-state index contributed by atoms with van der Waals surface area (Å²) in [6.07, 6.45) is 5.93. The molecule has 0 amide bonds. The lowest BCUT2D eigenvalue weighted by Gasteiger charge is -2.16. The minimum atomic E-state index is -0.142. The van der Waals surface area contributed by atoms with E-state index in [2.05, 4.69) is 32.9 Å². The Morgan fingerprint density at radius 1 is 1.43 bits per heavy atom. The van der Waals surface area contributed by atoms with Crippen LogP contribution in [0.3, 0.4) is 0 Å². The number of carbonyl (C=O) groups excluding carboxylic acids is 1. The lowest BCUT2D eigenvalue weighted by molar-refractivity contribution is 0.109. The van der Waals surface area contributed by atoms with E-state index in [0.29, 0.717) is 5.76 Å². The molecular formula is C12H16O2. The fourth-order valence-electron chi connectivity index (χ4n) is 1.26. The average molecular weight is 192 g/mol. The molecule has 0 aliphatic carbocycles. The Morgan fingerprint density at radius 3 is 2.64 bits per heavy atom. The smallest absolute Gasteiger partial charge is 0.185 e. The topological polar surface area (TPSA) is 30.2 Å². The summed E-state index contributed by atoms with van der Waals surface area (Å²) in [7, 11) is 0. The van der Waals surface area contributed by atoms with Crippen molar-refractivity contribution in [3.63, 3.8) is 0 Å². The molecule has 0 saturated carbocycles. The molecule has 2 heteroatoms. The van der Waals surface area contributed by atoms with Gasteiger partial charge in [0.2, 0.25) is 0 Å². The predicted molar refractivity (Wildman–Crippen MR) is 56.6 cm³/mol. The monoisotopic (exact) mass is 192 g/mol. The van der Waals surface area contributed by atoms with E-state index >= 15 is 0 Å². The summed E-state index contributed by atoms with van der Waals surface area (Å²) in [5.74, 6) is 1.21. The van der Waals surface area contributed by atoms with E-state index in [-0.39, 0.29) is 5.41 Å². The summed E-state index contributed by atoms with van der Waals surface area (Å²) < 4.78 is 5.38. The summed E-state index contributed by atoms with van der Waals surface area (Å²) in [5, 5.41) is 0. The third-order valence-corrected chi connectivity index (χ3v) is 2.15. The van der Waals surface area contributed by atoms with E-state index in [0.717, 1.165) is 18.5 Å². The number of allylic oxidation sites excluding steroid dienone is 2. The van der Waals surface area contributed by atoms with Crippen LogP contribution in [-0.2, 0) is 5.41 Å². The molecule has 1 heterocycles. The maximum Gasteiger partial charge on any atom is 0.185 e. The number of hydrogen-bond donors (Lipinski definition) is 0. The van der Waals surface area contributed by atoms with Gasteiger partial charge < -0.3 is 4.42 Å². The summed E-state index contributed by atoms with van der Waals surface area (Å²) >= 11 is 0. The van der Waals surface area contributed by atoms with Gasteiger partial charge in [0.15, 0.2) is 12.0 Å².